The molecule has 1 N–H and O–H groups in total. The number of benzene rings is 2. The highest BCUT2D eigenvalue weighted by Crippen LogP contribution is 2.27. The van der Waals surface area contributed by atoms with Crippen LogP contribution in [0.5, 0.6) is 17.2 Å². The molecular weight excluding hydrogens is 308 g/mol. The lowest BCUT2D eigenvalue weighted by Crippen LogP contribution is -2.19. The van der Waals surface area contributed by atoms with E-state index >= 15 is 0 Å². The highest BCUT2D eigenvalue weighted by atomic mass is 16.5. The lowest BCUT2D eigenvalue weighted by molar-refractivity contribution is 0.0954. The Balaban J connectivity index is 2.17. The zero-order chi connectivity index (χ0) is 17.5. The lowest BCUT2D eigenvalue weighted by Gasteiger charge is -2.10. The molecule has 24 heavy (non-hydrogen) atoms. The van der Waals surface area contributed by atoms with Gasteiger partial charge in [-0.3, -0.25) is 4.79 Å². The Hall–Kier alpha value is -3.02. The summed E-state index contributed by atoms with van der Waals surface area (Å²) in [6.07, 6.45) is 0. The van der Waals surface area contributed by atoms with Gasteiger partial charge < -0.3 is 14.2 Å². The molecule has 0 atom stereocenters. The highest BCUT2D eigenvalue weighted by molar-refractivity contribution is 6.02. The topological polar surface area (TPSA) is 69.2 Å². The highest BCUT2D eigenvalue weighted by Gasteiger charge is 2.11. The van der Waals surface area contributed by atoms with Crippen LogP contribution in [0.4, 0.5) is 0 Å². The van der Waals surface area contributed by atoms with Gasteiger partial charge in [0, 0.05) is 11.1 Å². The van der Waals surface area contributed by atoms with Crippen molar-refractivity contribution in [3.05, 3.63) is 53.6 Å². The molecule has 0 radical (unpaired) electrons. The molecule has 0 aromatic heterocycles. The van der Waals surface area contributed by atoms with Crippen molar-refractivity contribution in [2.75, 3.05) is 21.3 Å². The zero-order valence-corrected chi connectivity index (χ0v) is 14.1. The summed E-state index contributed by atoms with van der Waals surface area (Å²) in [6, 6.07) is 12.4. The van der Waals surface area contributed by atoms with Crippen molar-refractivity contribution >= 4 is 11.6 Å². The number of amides is 1. The SMILES string of the molecule is COc1ccc(C(=O)NN=C(C)c2ccccc2OC)cc1OC. The van der Waals surface area contributed by atoms with Crippen molar-refractivity contribution in [1.29, 1.82) is 0 Å². The fraction of sp³-hybridized carbons (Fsp3) is 0.222. The molecule has 6 heteroatoms. The molecule has 2 rings (SSSR count). The summed E-state index contributed by atoms with van der Waals surface area (Å²) in [5, 5.41) is 4.14. The van der Waals surface area contributed by atoms with Gasteiger partial charge in [-0.15, -0.1) is 0 Å². The Morgan fingerprint density at radius 2 is 1.58 bits per heavy atom. The Bertz CT molecular complexity index is 756. The smallest absolute Gasteiger partial charge is 0.271 e. The van der Waals surface area contributed by atoms with Crippen LogP contribution in [-0.4, -0.2) is 32.9 Å². The number of ether oxygens (including phenoxy) is 3. The van der Waals surface area contributed by atoms with Crippen molar-refractivity contribution < 1.29 is 19.0 Å². The number of nitrogens with zero attached hydrogens (tertiary/aromatic N) is 1. The first-order chi connectivity index (χ1) is 11.6. The van der Waals surface area contributed by atoms with Gasteiger partial charge in [-0.1, -0.05) is 12.1 Å². The monoisotopic (exact) mass is 328 g/mol. The molecular formula is C18H20N2O4. The van der Waals surface area contributed by atoms with Crippen LogP contribution in [0.15, 0.2) is 47.6 Å². The third kappa shape index (κ3) is 3.84. The van der Waals surface area contributed by atoms with Crippen molar-refractivity contribution in [3.8, 4) is 17.2 Å². The number of hydrogen-bond acceptors (Lipinski definition) is 5. The molecule has 0 unspecified atom stereocenters. The van der Waals surface area contributed by atoms with E-state index < -0.39 is 0 Å². The summed E-state index contributed by atoms with van der Waals surface area (Å²) in [6.45, 7) is 1.80. The summed E-state index contributed by atoms with van der Waals surface area (Å²) in [5.41, 5.74) is 4.41. The van der Waals surface area contributed by atoms with Crippen molar-refractivity contribution in [1.82, 2.24) is 5.43 Å². The number of rotatable bonds is 6. The molecule has 0 aliphatic heterocycles. The van der Waals surface area contributed by atoms with Crippen LogP contribution < -0.4 is 19.6 Å². The minimum Gasteiger partial charge on any atom is -0.496 e. The molecule has 126 valence electrons. The van der Waals surface area contributed by atoms with E-state index in [1.807, 2.05) is 24.3 Å². The summed E-state index contributed by atoms with van der Waals surface area (Å²) >= 11 is 0. The Kier molecular flexibility index (Phi) is 5.78. The van der Waals surface area contributed by atoms with E-state index in [9.17, 15) is 4.79 Å². The van der Waals surface area contributed by atoms with Crippen LogP contribution in [0.2, 0.25) is 0 Å². The van der Waals surface area contributed by atoms with Gasteiger partial charge in [0.2, 0.25) is 0 Å². The van der Waals surface area contributed by atoms with Crippen LogP contribution in [0, 0.1) is 0 Å². The van der Waals surface area contributed by atoms with E-state index in [2.05, 4.69) is 10.5 Å². The van der Waals surface area contributed by atoms with Crippen LogP contribution in [0.1, 0.15) is 22.8 Å². The molecule has 0 saturated carbocycles. The Labute approximate surface area is 141 Å². The number of para-hydroxylation sites is 1. The van der Waals surface area contributed by atoms with Gasteiger partial charge in [0.25, 0.3) is 5.91 Å². The number of carbonyl (C=O) groups excluding carboxylic acids is 1. The van der Waals surface area contributed by atoms with Gasteiger partial charge in [-0.2, -0.15) is 5.10 Å². The predicted octanol–water partition coefficient (Wildman–Crippen LogP) is 2.87. The summed E-state index contributed by atoms with van der Waals surface area (Å²) in [5.74, 6) is 1.39. The van der Waals surface area contributed by atoms with E-state index in [4.69, 9.17) is 14.2 Å². The van der Waals surface area contributed by atoms with Gasteiger partial charge in [0.05, 0.1) is 27.0 Å². The largest absolute Gasteiger partial charge is 0.496 e. The number of hydrazone groups is 1. The fourth-order valence-electron chi connectivity index (χ4n) is 2.18. The summed E-state index contributed by atoms with van der Waals surface area (Å²) in [4.78, 5) is 12.3. The minimum atomic E-state index is -0.342. The lowest BCUT2D eigenvalue weighted by atomic mass is 10.1. The summed E-state index contributed by atoms with van der Waals surface area (Å²) < 4.78 is 15.6. The number of carbonyl (C=O) groups is 1. The standard InChI is InChI=1S/C18H20N2O4/c1-12(14-7-5-6-8-15(14)22-2)19-20-18(21)13-9-10-16(23-3)17(11-13)24-4/h5-11H,1-4H3,(H,20,21). The van der Waals surface area contributed by atoms with Gasteiger partial charge in [0.1, 0.15) is 5.75 Å². The van der Waals surface area contributed by atoms with Crippen molar-refractivity contribution in [2.24, 2.45) is 5.10 Å². The van der Waals surface area contributed by atoms with Crippen LogP contribution in [0.3, 0.4) is 0 Å². The zero-order valence-electron chi connectivity index (χ0n) is 14.1. The van der Waals surface area contributed by atoms with E-state index in [1.54, 1.807) is 39.3 Å². The third-order valence-electron chi connectivity index (χ3n) is 3.47. The van der Waals surface area contributed by atoms with Gasteiger partial charge in [0.15, 0.2) is 11.5 Å². The van der Waals surface area contributed by atoms with Gasteiger partial charge in [-0.25, -0.2) is 5.43 Å². The van der Waals surface area contributed by atoms with Crippen LogP contribution in [-0.2, 0) is 0 Å². The Morgan fingerprint density at radius 3 is 2.25 bits per heavy atom. The second kappa shape index (κ2) is 8.01. The first-order valence-electron chi connectivity index (χ1n) is 7.30. The number of methoxy groups -OCH3 is 3. The second-order valence-corrected chi connectivity index (χ2v) is 4.91. The first-order valence-corrected chi connectivity index (χ1v) is 7.30. The second-order valence-electron chi connectivity index (χ2n) is 4.91. The van der Waals surface area contributed by atoms with E-state index in [0.717, 1.165) is 5.56 Å². The quantitative estimate of drug-likeness (QED) is 0.654. The molecule has 0 spiro atoms. The van der Waals surface area contributed by atoms with Crippen LogP contribution >= 0.6 is 0 Å². The van der Waals surface area contributed by atoms with E-state index in [1.165, 1.54) is 7.11 Å². The van der Waals surface area contributed by atoms with E-state index in [0.29, 0.717) is 28.5 Å². The molecule has 0 aliphatic carbocycles. The average Bonchev–Trinajstić information content (AvgIpc) is 2.64. The Morgan fingerprint density at radius 1 is 0.917 bits per heavy atom. The maximum absolute atomic E-state index is 12.3. The average molecular weight is 328 g/mol. The molecule has 0 bridgehead atoms. The number of nitrogens with one attached hydrogen (secondary N) is 1. The maximum atomic E-state index is 12.3. The van der Waals surface area contributed by atoms with E-state index in [-0.39, 0.29) is 5.91 Å². The predicted molar refractivity (Wildman–Crippen MR) is 92.2 cm³/mol. The first kappa shape index (κ1) is 17.3. The molecule has 6 nitrogen and oxygen atoms in total. The molecule has 0 heterocycles. The molecule has 1 amide bonds. The van der Waals surface area contributed by atoms with Gasteiger partial charge >= 0.3 is 0 Å². The normalized spacial score (nSPS) is 10.9. The number of hydrogen-bond donors (Lipinski definition) is 1. The molecule has 0 fully saturated rings. The van der Waals surface area contributed by atoms with Crippen molar-refractivity contribution in [3.63, 3.8) is 0 Å². The maximum Gasteiger partial charge on any atom is 0.271 e. The van der Waals surface area contributed by atoms with Crippen LogP contribution in [0.25, 0.3) is 0 Å². The van der Waals surface area contributed by atoms with Crippen molar-refractivity contribution in [2.45, 2.75) is 6.92 Å². The third-order valence-corrected chi connectivity index (χ3v) is 3.47. The molecule has 2 aromatic carbocycles. The fourth-order valence-corrected chi connectivity index (χ4v) is 2.18. The molecule has 0 saturated heterocycles. The summed E-state index contributed by atoms with van der Waals surface area (Å²) in [7, 11) is 4.65. The van der Waals surface area contributed by atoms with Gasteiger partial charge in [-0.05, 0) is 37.3 Å². The molecule has 0 aliphatic rings. The minimum absolute atomic E-state index is 0.342. The molecule has 2 aromatic rings.